The van der Waals surface area contributed by atoms with Crippen molar-refractivity contribution in [1.29, 1.82) is 0 Å². The third kappa shape index (κ3) is 4.42. The van der Waals surface area contributed by atoms with E-state index in [1.165, 1.54) is 11.3 Å². The Kier molecular flexibility index (Phi) is 5.75. The number of fused-ring (bicyclic) bond motifs is 1. The Hall–Kier alpha value is -3.41. The highest BCUT2D eigenvalue weighted by atomic mass is 79.9. The summed E-state index contributed by atoms with van der Waals surface area (Å²) in [6.45, 7) is 1.84. The summed E-state index contributed by atoms with van der Waals surface area (Å²) in [6.07, 6.45) is 0. The number of nitrogens with zero attached hydrogens (tertiary/aromatic N) is 4. The van der Waals surface area contributed by atoms with E-state index in [2.05, 4.69) is 41.9 Å². The molecule has 0 atom stereocenters. The van der Waals surface area contributed by atoms with Crippen LogP contribution in [0.3, 0.4) is 0 Å². The molecule has 3 heterocycles. The third-order valence-electron chi connectivity index (χ3n) is 4.74. The number of aromatic nitrogens is 4. The van der Waals surface area contributed by atoms with Crippen molar-refractivity contribution in [1.82, 2.24) is 25.1 Å². The van der Waals surface area contributed by atoms with Gasteiger partial charge in [0, 0.05) is 15.6 Å². The number of hydrogen-bond acceptors (Lipinski definition) is 7. The lowest BCUT2D eigenvalue weighted by Crippen LogP contribution is -2.34. The Labute approximate surface area is 205 Å². The second kappa shape index (κ2) is 8.85. The molecule has 0 aliphatic carbocycles. The molecule has 2 aromatic carbocycles. The monoisotopic (exact) mass is 538 g/mol. The number of thiocarbonyl (C=S) groups is 1. The molecule has 164 valence electrons. The standard InChI is InChI=1S/C22H15BrN6O2S2/c1-12-26-27-22-29(12)28-20(33-22)15-4-2-3-5-16(15)24-21(32)25-19(30)18-11-10-17(31-18)13-6-8-14(23)9-7-13/h2-11H,1H3,(H2,24,25,30,32). The molecule has 5 aromatic rings. The quantitative estimate of drug-likeness (QED) is 0.299. The van der Waals surface area contributed by atoms with Crippen molar-refractivity contribution in [3.63, 3.8) is 0 Å². The summed E-state index contributed by atoms with van der Waals surface area (Å²) < 4.78 is 8.37. The minimum Gasteiger partial charge on any atom is -0.451 e. The maximum Gasteiger partial charge on any atom is 0.293 e. The lowest BCUT2D eigenvalue weighted by Gasteiger charge is -2.11. The Morgan fingerprint density at radius 1 is 1.09 bits per heavy atom. The van der Waals surface area contributed by atoms with Crippen molar-refractivity contribution in [2.75, 3.05) is 5.32 Å². The number of anilines is 1. The minimum atomic E-state index is -0.442. The largest absolute Gasteiger partial charge is 0.451 e. The summed E-state index contributed by atoms with van der Waals surface area (Å²) in [6, 6.07) is 18.6. The molecule has 0 unspecified atom stereocenters. The van der Waals surface area contributed by atoms with Crippen LogP contribution in [0.4, 0.5) is 5.69 Å². The second-order valence-corrected chi connectivity index (χ2v) is 9.25. The van der Waals surface area contributed by atoms with Gasteiger partial charge >= 0.3 is 0 Å². The fraction of sp³-hybridized carbons (Fsp3) is 0.0455. The van der Waals surface area contributed by atoms with Crippen molar-refractivity contribution in [3.05, 3.63) is 76.7 Å². The van der Waals surface area contributed by atoms with Gasteiger partial charge < -0.3 is 9.73 Å². The highest BCUT2D eigenvalue weighted by molar-refractivity contribution is 9.10. The molecule has 0 saturated carbocycles. The molecule has 0 spiro atoms. The summed E-state index contributed by atoms with van der Waals surface area (Å²) in [5.41, 5.74) is 2.41. The molecule has 5 rings (SSSR count). The van der Waals surface area contributed by atoms with Crippen LogP contribution in [0.5, 0.6) is 0 Å². The first-order valence-electron chi connectivity index (χ1n) is 9.74. The van der Waals surface area contributed by atoms with Gasteiger partial charge in [-0.15, -0.1) is 10.2 Å². The maximum atomic E-state index is 12.7. The van der Waals surface area contributed by atoms with Crippen molar-refractivity contribution in [3.8, 4) is 21.9 Å². The van der Waals surface area contributed by atoms with Crippen LogP contribution in [-0.2, 0) is 0 Å². The number of aryl methyl sites for hydroxylation is 1. The van der Waals surface area contributed by atoms with Gasteiger partial charge in [0.1, 0.15) is 10.8 Å². The second-order valence-electron chi connectivity index (χ2n) is 6.97. The first-order chi connectivity index (χ1) is 16.0. The Morgan fingerprint density at radius 3 is 2.67 bits per heavy atom. The van der Waals surface area contributed by atoms with Gasteiger partial charge in [-0.3, -0.25) is 10.1 Å². The van der Waals surface area contributed by atoms with Crippen molar-refractivity contribution in [2.24, 2.45) is 0 Å². The highest BCUT2D eigenvalue weighted by Gasteiger charge is 2.17. The molecular weight excluding hydrogens is 524 g/mol. The van der Waals surface area contributed by atoms with Gasteiger partial charge in [-0.1, -0.05) is 51.5 Å². The van der Waals surface area contributed by atoms with Gasteiger partial charge in [0.05, 0.1) is 5.69 Å². The van der Waals surface area contributed by atoms with Gasteiger partial charge in [0.25, 0.3) is 5.91 Å². The molecular formula is C22H15BrN6O2S2. The third-order valence-corrected chi connectivity index (χ3v) is 6.40. The summed E-state index contributed by atoms with van der Waals surface area (Å²) >= 11 is 10.2. The van der Waals surface area contributed by atoms with Crippen LogP contribution in [0.2, 0.25) is 0 Å². The summed E-state index contributed by atoms with van der Waals surface area (Å²) in [7, 11) is 0. The summed E-state index contributed by atoms with van der Waals surface area (Å²) in [4.78, 5) is 13.4. The zero-order valence-electron chi connectivity index (χ0n) is 17.1. The number of para-hydroxylation sites is 1. The number of furan rings is 1. The van der Waals surface area contributed by atoms with E-state index >= 15 is 0 Å². The van der Waals surface area contributed by atoms with Crippen molar-refractivity contribution in [2.45, 2.75) is 6.92 Å². The van der Waals surface area contributed by atoms with E-state index in [0.29, 0.717) is 22.2 Å². The number of nitrogens with one attached hydrogen (secondary N) is 2. The van der Waals surface area contributed by atoms with Crippen LogP contribution in [-0.4, -0.2) is 30.8 Å². The van der Waals surface area contributed by atoms with E-state index in [9.17, 15) is 4.79 Å². The van der Waals surface area contributed by atoms with Crippen LogP contribution in [0.15, 0.2) is 69.6 Å². The first kappa shape index (κ1) is 21.4. The fourth-order valence-electron chi connectivity index (χ4n) is 3.15. The number of benzene rings is 2. The lowest BCUT2D eigenvalue weighted by molar-refractivity contribution is 0.0951. The molecule has 3 aromatic heterocycles. The SMILES string of the molecule is Cc1nnc2sc(-c3ccccc3NC(=S)NC(=O)c3ccc(-c4ccc(Br)cc4)o3)nn12. The molecule has 0 aliphatic heterocycles. The van der Waals surface area contributed by atoms with Gasteiger partial charge in [-0.2, -0.15) is 9.61 Å². The first-order valence-corrected chi connectivity index (χ1v) is 11.8. The number of hydrogen-bond donors (Lipinski definition) is 2. The van der Waals surface area contributed by atoms with Crippen LogP contribution in [0.25, 0.3) is 26.9 Å². The molecule has 0 radical (unpaired) electrons. The van der Waals surface area contributed by atoms with E-state index in [1.54, 1.807) is 16.6 Å². The van der Waals surface area contributed by atoms with E-state index < -0.39 is 5.91 Å². The van der Waals surface area contributed by atoms with Crippen LogP contribution < -0.4 is 10.6 Å². The zero-order valence-corrected chi connectivity index (χ0v) is 20.3. The number of amides is 1. The van der Waals surface area contributed by atoms with Gasteiger partial charge in [0.2, 0.25) is 4.96 Å². The smallest absolute Gasteiger partial charge is 0.293 e. The lowest BCUT2D eigenvalue weighted by atomic mass is 10.2. The Bertz CT molecular complexity index is 1490. The van der Waals surface area contributed by atoms with Crippen LogP contribution in [0, 0.1) is 6.92 Å². The number of halogens is 1. The predicted octanol–water partition coefficient (Wildman–Crippen LogP) is 5.31. The zero-order chi connectivity index (χ0) is 22.9. The number of rotatable bonds is 4. The predicted molar refractivity (Wildman–Crippen MR) is 134 cm³/mol. The number of carbonyl (C=O) groups excluding carboxylic acids is 1. The van der Waals surface area contributed by atoms with Crippen LogP contribution in [0.1, 0.15) is 16.4 Å². The van der Waals surface area contributed by atoms with Gasteiger partial charge in [-0.05, 0) is 55.5 Å². The molecule has 8 nitrogen and oxygen atoms in total. The maximum absolute atomic E-state index is 12.7. The van der Waals surface area contributed by atoms with E-state index in [-0.39, 0.29) is 10.9 Å². The van der Waals surface area contributed by atoms with Crippen molar-refractivity contribution < 1.29 is 9.21 Å². The molecule has 33 heavy (non-hydrogen) atoms. The molecule has 1 amide bonds. The molecule has 0 saturated heterocycles. The Morgan fingerprint density at radius 2 is 1.88 bits per heavy atom. The topological polar surface area (TPSA) is 97.3 Å². The normalized spacial score (nSPS) is 11.0. The van der Waals surface area contributed by atoms with E-state index in [1.807, 2.05) is 55.5 Å². The highest BCUT2D eigenvalue weighted by Crippen LogP contribution is 2.31. The molecule has 0 aliphatic rings. The Balaban J connectivity index is 1.31. The van der Waals surface area contributed by atoms with Crippen LogP contribution >= 0.6 is 39.5 Å². The summed E-state index contributed by atoms with van der Waals surface area (Å²) in [5.74, 6) is 1.02. The molecule has 11 heteroatoms. The molecule has 2 N–H and O–H groups in total. The van der Waals surface area contributed by atoms with E-state index in [0.717, 1.165) is 20.6 Å². The molecule has 0 fully saturated rings. The van der Waals surface area contributed by atoms with Crippen molar-refractivity contribution >= 4 is 61.2 Å². The minimum absolute atomic E-state index is 0.147. The fourth-order valence-corrected chi connectivity index (χ4v) is 4.54. The summed E-state index contributed by atoms with van der Waals surface area (Å²) in [5, 5.41) is 19.3. The molecule has 0 bridgehead atoms. The van der Waals surface area contributed by atoms with Gasteiger partial charge in [0.15, 0.2) is 16.7 Å². The average molecular weight is 539 g/mol. The average Bonchev–Trinajstić information content (AvgIpc) is 3.53. The van der Waals surface area contributed by atoms with Gasteiger partial charge in [-0.25, -0.2) is 0 Å². The van der Waals surface area contributed by atoms with E-state index in [4.69, 9.17) is 16.6 Å². The number of carbonyl (C=O) groups is 1.